The number of benzene rings is 1. The molecule has 1 aromatic rings. The second kappa shape index (κ2) is 5.89. The van der Waals surface area contributed by atoms with Gasteiger partial charge in [-0.3, -0.25) is 4.72 Å². The van der Waals surface area contributed by atoms with Gasteiger partial charge in [0.05, 0.1) is 11.3 Å². The standard InChI is InChI=1S/C11H17N3O4S/c1-7(2)6-13-19(17,18)14-10-5-8(12)3-4-9(10)11(15)16/h3-5,7,13-14H,6,12H2,1-2H3,(H,15,16). The number of anilines is 2. The Morgan fingerprint density at radius 3 is 2.58 bits per heavy atom. The molecule has 0 aliphatic heterocycles. The number of carbonyl (C=O) groups is 1. The molecule has 0 bridgehead atoms. The molecule has 5 N–H and O–H groups in total. The fraction of sp³-hybridized carbons (Fsp3) is 0.364. The van der Waals surface area contributed by atoms with E-state index in [9.17, 15) is 13.2 Å². The summed E-state index contributed by atoms with van der Waals surface area (Å²) >= 11 is 0. The average Bonchev–Trinajstić information content (AvgIpc) is 2.25. The van der Waals surface area contributed by atoms with Crippen molar-refractivity contribution in [1.29, 1.82) is 0 Å². The van der Waals surface area contributed by atoms with E-state index in [-0.39, 0.29) is 29.4 Å². The predicted octanol–water partition coefficient (Wildman–Crippen LogP) is 0.869. The van der Waals surface area contributed by atoms with Crippen LogP contribution in [0.1, 0.15) is 24.2 Å². The Morgan fingerprint density at radius 2 is 2.05 bits per heavy atom. The first-order chi connectivity index (χ1) is 8.71. The molecule has 19 heavy (non-hydrogen) atoms. The van der Waals surface area contributed by atoms with E-state index in [1.54, 1.807) is 0 Å². The van der Waals surface area contributed by atoms with Crippen molar-refractivity contribution in [2.24, 2.45) is 5.92 Å². The lowest BCUT2D eigenvalue weighted by atomic mass is 10.1. The summed E-state index contributed by atoms with van der Waals surface area (Å²) in [5.74, 6) is -1.10. The first-order valence-corrected chi connectivity index (χ1v) is 7.10. The molecule has 0 amide bonds. The second-order valence-electron chi connectivity index (χ2n) is 4.46. The van der Waals surface area contributed by atoms with E-state index in [1.165, 1.54) is 18.2 Å². The molecule has 7 nitrogen and oxygen atoms in total. The molecule has 8 heteroatoms. The van der Waals surface area contributed by atoms with Gasteiger partial charge < -0.3 is 10.8 Å². The first kappa shape index (κ1) is 15.3. The number of nitrogens with one attached hydrogen (secondary N) is 2. The molecule has 0 fully saturated rings. The zero-order chi connectivity index (χ0) is 14.6. The summed E-state index contributed by atoms with van der Waals surface area (Å²) in [7, 11) is -3.82. The topological polar surface area (TPSA) is 122 Å². The molecule has 0 aromatic heterocycles. The Kier molecular flexibility index (Phi) is 4.73. The van der Waals surface area contributed by atoms with Gasteiger partial charge in [0, 0.05) is 12.2 Å². The van der Waals surface area contributed by atoms with Gasteiger partial charge in [-0.15, -0.1) is 0 Å². The highest BCUT2D eigenvalue weighted by atomic mass is 32.2. The highest BCUT2D eigenvalue weighted by Crippen LogP contribution is 2.20. The molecule has 0 spiro atoms. The van der Waals surface area contributed by atoms with E-state index in [2.05, 4.69) is 9.44 Å². The number of carboxylic acids is 1. The van der Waals surface area contributed by atoms with Crippen LogP contribution < -0.4 is 15.2 Å². The summed E-state index contributed by atoms with van der Waals surface area (Å²) in [6.45, 7) is 3.96. The van der Waals surface area contributed by atoms with Crippen LogP contribution in [0.3, 0.4) is 0 Å². The zero-order valence-corrected chi connectivity index (χ0v) is 11.5. The smallest absolute Gasteiger partial charge is 0.337 e. The third kappa shape index (κ3) is 4.76. The minimum Gasteiger partial charge on any atom is -0.478 e. The predicted molar refractivity (Wildman–Crippen MR) is 73.2 cm³/mol. The van der Waals surface area contributed by atoms with Crippen LogP contribution in [0.2, 0.25) is 0 Å². The molecule has 0 aliphatic rings. The van der Waals surface area contributed by atoms with E-state index in [1.807, 2.05) is 13.8 Å². The Balaban J connectivity index is 2.98. The first-order valence-electron chi connectivity index (χ1n) is 5.61. The summed E-state index contributed by atoms with van der Waals surface area (Å²) in [6, 6.07) is 3.90. The molecule has 0 atom stereocenters. The zero-order valence-electron chi connectivity index (χ0n) is 10.7. The maximum absolute atomic E-state index is 11.7. The number of hydrogen-bond acceptors (Lipinski definition) is 4. The lowest BCUT2D eigenvalue weighted by Crippen LogP contribution is -2.33. The molecule has 106 valence electrons. The molecule has 1 rings (SSSR count). The minimum absolute atomic E-state index is 0.0660. The fourth-order valence-corrected chi connectivity index (χ4v) is 2.37. The third-order valence-electron chi connectivity index (χ3n) is 2.20. The molecule has 0 saturated heterocycles. The van der Waals surface area contributed by atoms with Crippen molar-refractivity contribution >= 4 is 27.6 Å². The van der Waals surface area contributed by atoms with Gasteiger partial charge in [0.15, 0.2) is 0 Å². The quantitative estimate of drug-likeness (QED) is 0.578. The van der Waals surface area contributed by atoms with Crippen molar-refractivity contribution in [2.45, 2.75) is 13.8 Å². The van der Waals surface area contributed by atoms with Gasteiger partial charge in [0.2, 0.25) is 0 Å². The lowest BCUT2D eigenvalue weighted by Gasteiger charge is -2.13. The molecule has 0 saturated carbocycles. The number of aromatic carboxylic acids is 1. The van der Waals surface area contributed by atoms with Crippen LogP contribution in [0.4, 0.5) is 11.4 Å². The van der Waals surface area contributed by atoms with Gasteiger partial charge >= 0.3 is 5.97 Å². The maximum atomic E-state index is 11.7. The molecule has 0 unspecified atom stereocenters. The van der Waals surface area contributed by atoms with Crippen LogP contribution in [0.15, 0.2) is 18.2 Å². The van der Waals surface area contributed by atoms with Crippen LogP contribution in [-0.4, -0.2) is 26.0 Å². The molecule has 0 heterocycles. The van der Waals surface area contributed by atoms with E-state index >= 15 is 0 Å². The van der Waals surface area contributed by atoms with Crippen LogP contribution >= 0.6 is 0 Å². The lowest BCUT2D eigenvalue weighted by molar-refractivity contribution is 0.0698. The number of carboxylic acid groups (broad SMARTS) is 1. The third-order valence-corrected chi connectivity index (χ3v) is 3.24. The second-order valence-corrected chi connectivity index (χ2v) is 5.96. The Bertz CT molecular complexity index is 569. The molecular weight excluding hydrogens is 270 g/mol. The summed E-state index contributed by atoms with van der Waals surface area (Å²) in [5.41, 5.74) is 5.56. The SMILES string of the molecule is CC(C)CNS(=O)(=O)Nc1cc(N)ccc1C(=O)O. The van der Waals surface area contributed by atoms with E-state index < -0.39 is 16.2 Å². The van der Waals surface area contributed by atoms with Crippen LogP contribution in [-0.2, 0) is 10.2 Å². The number of rotatable bonds is 6. The van der Waals surface area contributed by atoms with Gasteiger partial charge in [-0.2, -0.15) is 13.1 Å². The average molecular weight is 287 g/mol. The van der Waals surface area contributed by atoms with Crippen molar-refractivity contribution in [3.63, 3.8) is 0 Å². The van der Waals surface area contributed by atoms with Gasteiger partial charge in [-0.05, 0) is 24.1 Å². The maximum Gasteiger partial charge on any atom is 0.337 e. The normalized spacial score (nSPS) is 11.5. The van der Waals surface area contributed by atoms with Crippen molar-refractivity contribution in [2.75, 3.05) is 17.0 Å². The minimum atomic E-state index is -3.82. The summed E-state index contributed by atoms with van der Waals surface area (Å²) in [5, 5.41) is 8.98. The van der Waals surface area contributed by atoms with Crippen molar-refractivity contribution in [3.05, 3.63) is 23.8 Å². The van der Waals surface area contributed by atoms with Crippen LogP contribution in [0, 0.1) is 5.92 Å². The highest BCUT2D eigenvalue weighted by Gasteiger charge is 2.16. The molecule has 1 aromatic carbocycles. The Labute approximate surface area is 112 Å². The number of nitrogens with two attached hydrogens (primary N) is 1. The summed E-state index contributed by atoms with van der Waals surface area (Å²) in [4.78, 5) is 11.0. The van der Waals surface area contributed by atoms with Crippen LogP contribution in [0.25, 0.3) is 0 Å². The van der Waals surface area contributed by atoms with Gasteiger partial charge in [-0.25, -0.2) is 4.79 Å². The van der Waals surface area contributed by atoms with E-state index in [0.29, 0.717) is 0 Å². The van der Waals surface area contributed by atoms with E-state index in [0.717, 1.165) is 0 Å². The highest BCUT2D eigenvalue weighted by molar-refractivity contribution is 7.90. The van der Waals surface area contributed by atoms with Crippen LogP contribution in [0.5, 0.6) is 0 Å². The molecular formula is C11H17N3O4S. The monoisotopic (exact) mass is 287 g/mol. The number of nitrogen functional groups attached to an aromatic ring is 1. The fourth-order valence-electron chi connectivity index (χ4n) is 1.29. The largest absolute Gasteiger partial charge is 0.478 e. The summed E-state index contributed by atoms with van der Waals surface area (Å²) in [6.07, 6.45) is 0. The summed E-state index contributed by atoms with van der Waals surface area (Å²) < 4.78 is 28.0. The number of hydrogen-bond donors (Lipinski definition) is 4. The van der Waals surface area contributed by atoms with Crippen molar-refractivity contribution < 1.29 is 18.3 Å². The Hall–Kier alpha value is -1.80. The molecule has 0 aliphatic carbocycles. The van der Waals surface area contributed by atoms with E-state index in [4.69, 9.17) is 10.8 Å². The van der Waals surface area contributed by atoms with Gasteiger partial charge in [0.25, 0.3) is 10.2 Å². The van der Waals surface area contributed by atoms with Crippen molar-refractivity contribution in [3.8, 4) is 0 Å². The van der Waals surface area contributed by atoms with Crippen molar-refractivity contribution in [1.82, 2.24) is 4.72 Å². The molecule has 0 radical (unpaired) electrons. The van der Waals surface area contributed by atoms with Gasteiger partial charge in [-0.1, -0.05) is 13.8 Å². The Morgan fingerprint density at radius 1 is 1.42 bits per heavy atom. The van der Waals surface area contributed by atoms with Gasteiger partial charge in [0.1, 0.15) is 0 Å².